The standard InChI is InChI=1S/C19H27N5O3S/c1-13-15-17(20-11-14-3-2-10-27-14)21-12-22-18(15)28-16(13)19(26)24-6-4-23(5-7-24)8-9-25/h12,14,25H,2-11H2,1H3,(H,20,21,22)/t14-/m1/s1. The van der Waals surface area contributed by atoms with Gasteiger partial charge in [0.1, 0.15) is 17.0 Å². The number of anilines is 1. The Morgan fingerprint density at radius 3 is 2.89 bits per heavy atom. The first-order valence-electron chi connectivity index (χ1n) is 9.89. The molecule has 152 valence electrons. The van der Waals surface area contributed by atoms with Gasteiger partial charge in [-0.2, -0.15) is 0 Å². The summed E-state index contributed by atoms with van der Waals surface area (Å²) in [6.07, 6.45) is 3.95. The molecule has 2 N–H and O–H groups in total. The van der Waals surface area contributed by atoms with Crippen LogP contribution in [0.3, 0.4) is 0 Å². The number of aliphatic hydroxyl groups is 1. The maximum Gasteiger partial charge on any atom is 0.264 e. The molecule has 2 aliphatic rings. The topological polar surface area (TPSA) is 90.8 Å². The van der Waals surface area contributed by atoms with Crippen molar-refractivity contribution in [2.45, 2.75) is 25.9 Å². The van der Waals surface area contributed by atoms with Gasteiger partial charge in [0.15, 0.2) is 0 Å². The lowest BCUT2D eigenvalue weighted by molar-refractivity contribution is 0.0619. The lowest BCUT2D eigenvalue weighted by Gasteiger charge is -2.34. The van der Waals surface area contributed by atoms with Crippen molar-refractivity contribution < 1.29 is 14.6 Å². The number of carbonyl (C=O) groups is 1. The highest BCUT2D eigenvalue weighted by Gasteiger charge is 2.26. The zero-order valence-corrected chi connectivity index (χ0v) is 17.0. The predicted octanol–water partition coefficient (Wildman–Crippen LogP) is 1.34. The van der Waals surface area contributed by atoms with E-state index in [2.05, 4.69) is 20.2 Å². The van der Waals surface area contributed by atoms with Crippen LogP contribution in [0.15, 0.2) is 6.33 Å². The molecule has 0 bridgehead atoms. The Balaban J connectivity index is 1.51. The number of hydrogen-bond acceptors (Lipinski definition) is 8. The normalized spacial score (nSPS) is 20.8. The number of nitrogens with one attached hydrogen (secondary N) is 1. The number of hydrogen-bond donors (Lipinski definition) is 2. The fraction of sp³-hybridized carbons (Fsp3) is 0.632. The second-order valence-corrected chi connectivity index (χ2v) is 8.33. The molecule has 2 saturated heterocycles. The number of aryl methyl sites for hydroxylation is 1. The largest absolute Gasteiger partial charge is 0.395 e. The van der Waals surface area contributed by atoms with Crippen LogP contribution in [0.4, 0.5) is 5.82 Å². The monoisotopic (exact) mass is 405 g/mol. The van der Waals surface area contributed by atoms with Crippen molar-refractivity contribution in [1.82, 2.24) is 19.8 Å². The molecule has 1 atom stereocenters. The number of ether oxygens (including phenoxy) is 1. The van der Waals surface area contributed by atoms with Gasteiger partial charge in [-0.3, -0.25) is 9.69 Å². The van der Waals surface area contributed by atoms with E-state index in [1.165, 1.54) is 11.3 Å². The van der Waals surface area contributed by atoms with E-state index in [-0.39, 0.29) is 18.6 Å². The van der Waals surface area contributed by atoms with Gasteiger partial charge in [-0.1, -0.05) is 0 Å². The number of rotatable bonds is 6. The molecule has 0 radical (unpaired) electrons. The van der Waals surface area contributed by atoms with Crippen LogP contribution >= 0.6 is 11.3 Å². The quantitative estimate of drug-likeness (QED) is 0.749. The van der Waals surface area contributed by atoms with E-state index in [0.29, 0.717) is 19.6 Å². The van der Waals surface area contributed by atoms with Crippen LogP contribution in [-0.2, 0) is 4.74 Å². The summed E-state index contributed by atoms with van der Waals surface area (Å²) in [5.41, 5.74) is 0.943. The van der Waals surface area contributed by atoms with Crippen molar-refractivity contribution in [2.24, 2.45) is 0 Å². The van der Waals surface area contributed by atoms with Gasteiger partial charge in [0, 0.05) is 45.9 Å². The van der Waals surface area contributed by atoms with E-state index in [1.807, 2.05) is 11.8 Å². The fourth-order valence-electron chi connectivity index (χ4n) is 3.89. The molecule has 1 amide bonds. The molecular weight excluding hydrogens is 378 g/mol. The summed E-state index contributed by atoms with van der Waals surface area (Å²) in [7, 11) is 0. The number of aliphatic hydroxyl groups excluding tert-OH is 1. The summed E-state index contributed by atoms with van der Waals surface area (Å²) in [5.74, 6) is 0.843. The third-order valence-electron chi connectivity index (χ3n) is 5.52. The molecule has 4 heterocycles. The van der Waals surface area contributed by atoms with Gasteiger partial charge < -0.3 is 20.1 Å². The number of aromatic nitrogens is 2. The highest BCUT2D eigenvalue weighted by atomic mass is 32.1. The third kappa shape index (κ3) is 3.98. The van der Waals surface area contributed by atoms with Crippen LogP contribution in [0.1, 0.15) is 28.1 Å². The van der Waals surface area contributed by atoms with Crippen molar-refractivity contribution in [1.29, 1.82) is 0 Å². The molecule has 0 aliphatic carbocycles. The summed E-state index contributed by atoms with van der Waals surface area (Å²) < 4.78 is 5.68. The average molecular weight is 406 g/mol. The van der Waals surface area contributed by atoms with Crippen LogP contribution in [0, 0.1) is 6.92 Å². The summed E-state index contributed by atoms with van der Waals surface area (Å²) >= 11 is 1.44. The molecule has 2 aromatic rings. The molecule has 8 nitrogen and oxygen atoms in total. The predicted molar refractivity (Wildman–Crippen MR) is 109 cm³/mol. The maximum absolute atomic E-state index is 13.1. The Kier molecular flexibility index (Phi) is 6.05. The van der Waals surface area contributed by atoms with Crippen LogP contribution in [0.2, 0.25) is 0 Å². The molecule has 0 unspecified atom stereocenters. The molecule has 9 heteroatoms. The molecule has 4 rings (SSSR count). The maximum atomic E-state index is 13.1. The molecule has 0 aromatic carbocycles. The van der Waals surface area contributed by atoms with Crippen molar-refractivity contribution >= 4 is 33.3 Å². The first-order chi connectivity index (χ1) is 13.7. The Bertz CT molecular complexity index is 828. The van der Waals surface area contributed by atoms with Crippen LogP contribution in [-0.4, -0.2) is 89.4 Å². The van der Waals surface area contributed by atoms with E-state index in [9.17, 15) is 4.79 Å². The first kappa shape index (κ1) is 19.5. The molecule has 2 aromatic heterocycles. The van der Waals surface area contributed by atoms with Crippen molar-refractivity contribution in [3.63, 3.8) is 0 Å². The zero-order valence-electron chi connectivity index (χ0n) is 16.2. The Hall–Kier alpha value is -1.81. The Labute approximate surface area is 168 Å². The average Bonchev–Trinajstić information content (AvgIpc) is 3.35. The molecule has 0 saturated carbocycles. The van der Waals surface area contributed by atoms with Crippen molar-refractivity contribution in [3.05, 3.63) is 16.8 Å². The minimum absolute atomic E-state index is 0.0641. The van der Waals surface area contributed by atoms with Crippen molar-refractivity contribution in [3.8, 4) is 0 Å². The summed E-state index contributed by atoms with van der Waals surface area (Å²) in [4.78, 5) is 27.6. The van der Waals surface area contributed by atoms with E-state index < -0.39 is 0 Å². The molecular formula is C19H27N5O3S. The second kappa shape index (κ2) is 8.69. The molecule has 2 aliphatic heterocycles. The van der Waals surface area contributed by atoms with Gasteiger partial charge in [-0.15, -0.1) is 11.3 Å². The van der Waals surface area contributed by atoms with Gasteiger partial charge in [0.25, 0.3) is 5.91 Å². The van der Waals surface area contributed by atoms with E-state index in [0.717, 1.165) is 65.6 Å². The van der Waals surface area contributed by atoms with Crippen molar-refractivity contribution in [2.75, 3.05) is 57.8 Å². The smallest absolute Gasteiger partial charge is 0.264 e. The SMILES string of the molecule is Cc1c(C(=O)N2CCN(CCO)CC2)sc2ncnc(NC[C@H]3CCCO3)c12. The van der Waals surface area contributed by atoms with Gasteiger partial charge in [0.2, 0.25) is 0 Å². The Morgan fingerprint density at radius 1 is 1.36 bits per heavy atom. The number of piperazine rings is 1. The highest BCUT2D eigenvalue weighted by Crippen LogP contribution is 2.34. The van der Waals surface area contributed by atoms with Crippen LogP contribution in [0.5, 0.6) is 0 Å². The van der Waals surface area contributed by atoms with Gasteiger partial charge >= 0.3 is 0 Å². The number of β-amino-alcohol motifs (C(OH)–C–C–N with tert-alkyl or cyclic N) is 1. The summed E-state index contributed by atoms with van der Waals surface area (Å²) in [6, 6.07) is 0. The summed E-state index contributed by atoms with van der Waals surface area (Å²) in [5, 5.41) is 13.4. The molecule has 28 heavy (non-hydrogen) atoms. The first-order valence-corrected chi connectivity index (χ1v) is 10.7. The minimum Gasteiger partial charge on any atom is -0.395 e. The highest BCUT2D eigenvalue weighted by molar-refractivity contribution is 7.20. The van der Waals surface area contributed by atoms with E-state index in [4.69, 9.17) is 9.84 Å². The lowest BCUT2D eigenvalue weighted by atomic mass is 10.1. The number of carbonyl (C=O) groups excluding carboxylic acids is 1. The third-order valence-corrected chi connectivity index (χ3v) is 6.71. The van der Waals surface area contributed by atoms with E-state index >= 15 is 0 Å². The van der Waals surface area contributed by atoms with Gasteiger partial charge in [0.05, 0.1) is 23.0 Å². The number of nitrogens with zero attached hydrogens (tertiary/aromatic N) is 4. The molecule has 2 fully saturated rings. The Morgan fingerprint density at radius 2 is 2.18 bits per heavy atom. The van der Waals surface area contributed by atoms with Gasteiger partial charge in [-0.05, 0) is 25.3 Å². The fourth-order valence-corrected chi connectivity index (χ4v) is 5.00. The van der Waals surface area contributed by atoms with Crippen LogP contribution in [0.25, 0.3) is 10.2 Å². The van der Waals surface area contributed by atoms with Gasteiger partial charge in [-0.25, -0.2) is 9.97 Å². The minimum atomic E-state index is 0.0641. The zero-order chi connectivity index (χ0) is 19.5. The lowest BCUT2D eigenvalue weighted by Crippen LogP contribution is -2.49. The number of amides is 1. The summed E-state index contributed by atoms with van der Waals surface area (Å²) in [6.45, 7) is 7.31. The molecule has 0 spiro atoms. The second-order valence-electron chi connectivity index (χ2n) is 7.33. The van der Waals surface area contributed by atoms with E-state index in [1.54, 1.807) is 6.33 Å². The van der Waals surface area contributed by atoms with Crippen LogP contribution < -0.4 is 5.32 Å². The number of fused-ring (bicyclic) bond motifs is 1. The number of thiophene rings is 1.